The van der Waals surface area contributed by atoms with Gasteiger partial charge in [0.05, 0.1) is 0 Å². The van der Waals surface area contributed by atoms with Gasteiger partial charge >= 0.3 is 0 Å². The van der Waals surface area contributed by atoms with Crippen molar-refractivity contribution in [3.8, 4) is 0 Å². The van der Waals surface area contributed by atoms with Crippen LogP contribution in [0, 0.1) is 0 Å². The third-order valence-corrected chi connectivity index (χ3v) is 4.20. The molecule has 0 amide bonds. The summed E-state index contributed by atoms with van der Waals surface area (Å²) in [6.45, 7) is 0.997. The van der Waals surface area contributed by atoms with Crippen LogP contribution in [0.4, 0.5) is 0 Å². The van der Waals surface area contributed by atoms with Crippen LogP contribution in [-0.4, -0.2) is 0 Å². The maximum atomic E-state index is 5.83. The van der Waals surface area contributed by atoms with E-state index in [0.29, 0.717) is 18.1 Å². The molecule has 2 nitrogen and oxygen atoms in total. The molecule has 0 saturated carbocycles. The van der Waals surface area contributed by atoms with E-state index in [9.17, 15) is 0 Å². The number of aryl methyl sites for hydroxylation is 2. The number of hydrogen-bond donors (Lipinski definition) is 2. The van der Waals surface area contributed by atoms with Crippen molar-refractivity contribution in [3.63, 3.8) is 0 Å². The van der Waals surface area contributed by atoms with Crippen molar-refractivity contribution in [2.75, 3.05) is 0 Å². The number of halogens is 1. The van der Waals surface area contributed by atoms with Crippen molar-refractivity contribution in [1.82, 2.24) is 0 Å². The minimum Gasteiger partial charge on any atom is -0.326 e. The summed E-state index contributed by atoms with van der Waals surface area (Å²) in [5.74, 6) is 0. The molecule has 0 fully saturated rings. The Bertz CT molecular complexity index is 556. The Labute approximate surface area is 132 Å². The maximum absolute atomic E-state index is 5.83. The van der Waals surface area contributed by atoms with E-state index in [4.69, 9.17) is 23.1 Å². The molecule has 0 bridgehead atoms. The number of benzene rings is 2. The van der Waals surface area contributed by atoms with Gasteiger partial charge in [-0.1, -0.05) is 48.0 Å². The highest BCUT2D eigenvalue weighted by Crippen LogP contribution is 2.19. The molecule has 112 valence electrons. The van der Waals surface area contributed by atoms with Crippen molar-refractivity contribution in [2.24, 2.45) is 11.5 Å². The SMILES string of the molecule is NCc1ccc(Cl)c(CN)c1.c1ccc2c(c1)CCCC2. The summed E-state index contributed by atoms with van der Waals surface area (Å²) in [5, 5.41) is 0.713. The standard InChI is InChI=1S/C10H12.C8H11ClN2/c1-2-6-10-8-4-3-7-9(10)5-1;9-8-2-1-6(4-10)3-7(8)5-11/h1-2,5-6H,3-4,7-8H2;1-3H,4-5,10-11H2. The van der Waals surface area contributed by atoms with Gasteiger partial charge in [-0.3, -0.25) is 0 Å². The molecule has 0 radical (unpaired) electrons. The molecule has 2 aromatic rings. The molecule has 2 aromatic carbocycles. The Morgan fingerprint density at radius 3 is 2.00 bits per heavy atom. The Balaban J connectivity index is 0.000000154. The zero-order valence-electron chi connectivity index (χ0n) is 12.3. The van der Waals surface area contributed by atoms with Gasteiger partial charge in [0.25, 0.3) is 0 Å². The highest BCUT2D eigenvalue weighted by molar-refractivity contribution is 6.31. The van der Waals surface area contributed by atoms with Crippen LogP contribution in [0.15, 0.2) is 42.5 Å². The van der Waals surface area contributed by atoms with Crippen LogP contribution in [0.5, 0.6) is 0 Å². The van der Waals surface area contributed by atoms with E-state index in [2.05, 4.69) is 24.3 Å². The van der Waals surface area contributed by atoms with Crippen LogP contribution >= 0.6 is 11.6 Å². The van der Waals surface area contributed by atoms with Crippen LogP contribution < -0.4 is 11.5 Å². The third-order valence-electron chi connectivity index (χ3n) is 3.83. The van der Waals surface area contributed by atoms with Gasteiger partial charge < -0.3 is 11.5 Å². The second kappa shape index (κ2) is 8.18. The van der Waals surface area contributed by atoms with Gasteiger partial charge in [0.1, 0.15) is 0 Å². The summed E-state index contributed by atoms with van der Waals surface area (Å²) in [4.78, 5) is 0. The van der Waals surface area contributed by atoms with Crippen LogP contribution in [-0.2, 0) is 25.9 Å². The zero-order valence-corrected chi connectivity index (χ0v) is 13.1. The summed E-state index contributed by atoms with van der Waals surface area (Å²) >= 11 is 5.83. The molecular weight excluding hydrogens is 280 g/mol. The molecule has 0 aromatic heterocycles. The first-order valence-corrected chi connectivity index (χ1v) is 7.86. The van der Waals surface area contributed by atoms with Gasteiger partial charge in [-0.2, -0.15) is 0 Å². The molecule has 0 unspecified atom stereocenters. The van der Waals surface area contributed by atoms with Crippen LogP contribution in [0.1, 0.15) is 35.1 Å². The fraction of sp³-hybridized carbons (Fsp3) is 0.333. The average Bonchev–Trinajstić information content (AvgIpc) is 2.56. The summed E-state index contributed by atoms with van der Waals surface area (Å²) in [6, 6.07) is 14.5. The Morgan fingerprint density at radius 2 is 1.48 bits per heavy atom. The normalized spacial score (nSPS) is 13.1. The monoisotopic (exact) mass is 302 g/mol. The van der Waals surface area contributed by atoms with Crippen LogP contribution in [0.25, 0.3) is 0 Å². The smallest absolute Gasteiger partial charge is 0.0451 e. The molecular formula is C18H23ClN2. The van der Waals surface area contributed by atoms with E-state index >= 15 is 0 Å². The van der Waals surface area contributed by atoms with Gasteiger partial charge in [-0.15, -0.1) is 0 Å². The fourth-order valence-corrected chi connectivity index (χ4v) is 2.78. The highest BCUT2D eigenvalue weighted by atomic mass is 35.5. The van der Waals surface area contributed by atoms with Gasteiger partial charge in [0.15, 0.2) is 0 Å². The number of rotatable bonds is 2. The van der Waals surface area contributed by atoms with Gasteiger partial charge in [-0.05, 0) is 54.0 Å². The Hall–Kier alpha value is -1.35. The van der Waals surface area contributed by atoms with Crippen molar-refractivity contribution in [2.45, 2.75) is 38.8 Å². The number of fused-ring (bicyclic) bond motifs is 1. The van der Waals surface area contributed by atoms with E-state index < -0.39 is 0 Å². The first-order chi connectivity index (χ1) is 10.2. The minimum atomic E-state index is 0.465. The second-order valence-electron chi connectivity index (χ2n) is 5.31. The third kappa shape index (κ3) is 4.57. The molecule has 0 spiro atoms. The topological polar surface area (TPSA) is 52.0 Å². The Kier molecular flexibility index (Phi) is 6.24. The summed E-state index contributed by atoms with van der Waals surface area (Å²) in [7, 11) is 0. The predicted octanol–water partition coefficient (Wildman–Crippen LogP) is 3.82. The lowest BCUT2D eigenvalue weighted by Gasteiger charge is -2.13. The van der Waals surface area contributed by atoms with E-state index in [1.807, 2.05) is 18.2 Å². The number of hydrogen-bond acceptors (Lipinski definition) is 2. The second-order valence-corrected chi connectivity index (χ2v) is 5.72. The maximum Gasteiger partial charge on any atom is 0.0451 e. The first-order valence-electron chi connectivity index (χ1n) is 7.49. The quantitative estimate of drug-likeness (QED) is 0.886. The van der Waals surface area contributed by atoms with Crippen molar-refractivity contribution >= 4 is 11.6 Å². The van der Waals surface area contributed by atoms with E-state index in [1.165, 1.54) is 25.7 Å². The minimum absolute atomic E-state index is 0.465. The lowest BCUT2D eigenvalue weighted by Crippen LogP contribution is -2.01. The lowest BCUT2D eigenvalue weighted by atomic mass is 9.92. The highest BCUT2D eigenvalue weighted by Gasteiger charge is 2.06. The average molecular weight is 303 g/mol. The molecule has 1 aliphatic carbocycles. The van der Waals surface area contributed by atoms with Crippen molar-refractivity contribution in [3.05, 3.63) is 69.7 Å². The predicted molar refractivity (Wildman–Crippen MR) is 90.3 cm³/mol. The molecule has 1 aliphatic rings. The molecule has 0 atom stereocenters. The van der Waals surface area contributed by atoms with Crippen molar-refractivity contribution in [1.29, 1.82) is 0 Å². The van der Waals surface area contributed by atoms with Gasteiger partial charge in [0.2, 0.25) is 0 Å². The van der Waals surface area contributed by atoms with Crippen LogP contribution in [0.2, 0.25) is 5.02 Å². The molecule has 0 saturated heterocycles. The van der Waals surface area contributed by atoms with Crippen molar-refractivity contribution < 1.29 is 0 Å². The molecule has 0 heterocycles. The molecule has 3 rings (SSSR count). The number of nitrogens with two attached hydrogens (primary N) is 2. The van der Waals surface area contributed by atoms with E-state index in [-0.39, 0.29) is 0 Å². The zero-order chi connectivity index (χ0) is 15.1. The summed E-state index contributed by atoms with van der Waals surface area (Å²) in [5.41, 5.74) is 16.1. The lowest BCUT2D eigenvalue weighted by molar-refractivity contribution is 0.685. The largest absolute Gasteiger partial charge is 0.326 e. The fourth-order valence-electron chi connectivity index (χ4n) is 2.59. The molecule has 21 heavy (non-hydrogen) atoms. The van der Waals surface area contributed by atoms with Gasteiger partial charge in [0, 0.05) is 18.1 Å². The van der Waals surface area contributed by atoms with Gasteiger partial charge in [-0.25, -0.2) is 0 Å². The molecule has 4 N–H and O–H groups in total. The summed E-state index contributed by atoms with van der Waals surface area (Å²) < 4.78 is 0. The first kappa shape index (κ1) is 16.0. The van der Waals surface area contributed by atoms with Crippen LogP contribution in [0.3, 0.4) is 0 Å². The molecule has 3 heteroatoms. The molecule has 0 aliphatic heterocycles. The van der Waals surface area contributed by atoms with E-state index in [0.717, 1.165) is 11.1 Å². The summed E-state index contributed by atoms with van der Waals surface area (Å²) in [6.07, 6.45) is 5.38. The Morgan fingerprint density at radius 1 is 0.857 bits per heavy atom. The van der Waals surface area contributed by atoms with E-state index in [1.54, 1.807) is 11.1 Å².